The molecule has 0 saturated carbocycles. The summed E-state index contributed by atoms with van der Waals surface area (Å²) in [5.41, 5.74) is 2.03. The molecular weight excluding hydrogens is 371 g/mol. The van der Waals surface area contributed by atoms with Gasteiger partial charge in [-0.3, -0.25) is 4.79 Å². The van der Waals surface area contributed by atoms with Crippen molar-refractivity contribution in [3.8, 4) is 0 Å². The van der Waals surface area contributed by atoms with E-state index in [0.29, 0.717) is 13.0 Å². The van der Waals surface area contributed by atoms with Crippen LogP contribution in [0.2, 0.25) is 0 Å². The molecule has 3 amide bonds. The molecule has 0 aliphatic carbocycles. The van der Waals surface area contributed by atoms with Crippen LogP contribution in [0.4, 0.5) is 29.3 Å². The van der Waals surface area contributed by atoms with Gasteiger partial charge in [0.05, 0.1) is 5.56 Å². The third kappa shape index (κ3) is 4.44. The van der Waals surface area contributed by atoms with Crippen molar-refractivity contribution < 1.29 is 22.8 Å². The Morgan fingerprint density at radius 2 is 1.93 bits per heavy atom. The Labute approximate surface area is 160 Å². The lowest BCUT2D eigenvalue weighted by Gasteiger charge is -2.16. The van der Waals surface area contributed by atoms with Crippen LogP contribution < -0.4 is 15.5 Å². The van der Waals surface area contributed by atoms with Crippen molar-refractivity contribution in [2.75, 3.05) is 16.8 Å². The summed E-state index contributed by atoms with van der Waals surface area (Å²) in [6.45, 7) is 2.69. The highest BCUT2D eigenvalue weighted by molar-refractivity contribution is 5.95. The molecule has 5 nitrogen and oxygen atoms in total. The molecule has 148 valence electrons. The minimum atomic E-state index is -4.47. The van der Waals surface area contributed by atoms with Crippen molar-refractivity contribution in [1.82, 2.24) is 5.32 Å². The number of fused-ring (bicyclic) bond motifs is 1. The predicted molar refractivity (Wildman–Crippen MR) is 100 cm³/mol. The summed E-state index contributed by atoms with van der Waals surface area (Å²) >= 11 is 0. The van der Waals surface area contributed by atoms with Crippen molar-refractivity contribution in [1.29, 1.82) is 0 Å². The van der Waals surface area contributed by atoms with Gasteiger partial charge in [0.2, 0.25) is 5.91 Å². The van der Waals surface area contributed by atoms with Gasteiger partial charge >= 0.3 is 12.2 Å². The zero-order chi connectivity index (χ0) is 20.3. The van der Waals surface area contributed by atoms with Gasteiger partial charge in [0.15, 0.2) is 0 Å². The molecule has 0 saturated heterocycles. The molecule has 1 aliphatic rings. The highest BCUT2D eigenvalue weighted by Gasteiger charge is 2.30. The number of amides is 3. The number of halogens is 3. The number of carbonyl (C=O) groups excluding carboxylic acids is 2. The number of carbonyl (C=O) groups is 2. The van der Waals surface area contributed by atoms with E-state index in [-0.39, 0.29) is 18.1 Å². The van der Waals surface area contributed by atoms with E-state index in [2.05, 4.69) is 10.6 Å². The number of rotatable bonds is 4. The second kappa shape index (κ2) is 7.92. The number of anilines is 2. The molecule has 1 aliphatic heterocycles. The number of urea groups is 1. The Bertz CT molecular complexity index is 897. The van der Waals surface area contributed by atoms with E-state index in [1.54, 1.807) is 4.90 Å². The van der Waals surface area contributed by atoms with Gasteiger partial charge in [0, 0.05) is 30.9 Å². The number of hydrogen-bond donors (Lipinski definition) is 2. The van der Waals surface area contributed by atoms with Crippen LogP contribution >= 0.6 is 0 Å². The zero-order valence-corrected chi connectivity index (χ0v) is 15.3. The molecular formula is C20H20F3N3O2. The van der Waals surface area contributed by atoms with Crippen LogP contribution in [0.1, 0.15) is 30.0 Å². The average Bonchev–Trinajstić information content (AvgIpc) is 3.08. The monoisotopic (exact) mass is 391 g/mol. The van der Waals surface area contributed by atoms with Crippen LogP contribution in [0.3, 0.4) is 0 Å². The topological polar surface area (TPSA) is 61.4 Å². The summed E-state index contributed by atoms with van der Waals surface area (Å²) in [5.74, 6) is 0.0742. The van der Waals surface area contributed by atoms with Gasteiger partial charge in [-0.2, -0.15) is 13.2 Å². The van der Waals surface area contributed by atoms with Crippen molar-refractivity contribution in [3.63, 3.8) is 0 Å². The van der Waals surface area contributed by atoms with Crippen LogP contribution in [0, 0.1) is 0 Å². The fraction of sp³-hybridized carbons (Fsp3) is 0.300. The molecule has 8 heteroatoms. The summed E-state index contributed by atoms with van der Waals surface area (Å²) < 4.78 is 38.2. The Balaban J connectivity index is 1.59. The average molecular weight is 391 g/mol. The maximum absolute atomic E-state index is 12.7. The van der Waals surface area contributed by atoms with Crippen LogP contribution in [0.5, 0.6) is 0 Å². The fourth-order valence-corrected chi connectivity index (χ4v) is 3.15. The number of alkyl halides is 3. The molecule has 0 aromatic heterocycles. The lowest BCUT2D eigenvalue weighted by atomic mass is 10.1. The van der Waals surface area contributed by atoms with Gasteiger partial charge < -0.3 is 15.5 Å². The molecule has 0 radical (unpaired) electrons. The third-order valence-electron chi connectivity index (χ3n) is 4.54. The summed E-state index contributed by atoms with van der Waals surface area (Å²) in [7, 11) is 0. The quantitative estimate of drug-likeness (QED) is 0.815. The third-order valence-corrected chi connectivity index (χ3v) is 4.54. The highest BCUT2D eigenvalue weighted by atomic mass is 19.4. The summed E-state index contributed by atoms with van der Waals surface area (Å²) in [4.78, 5) is 25.7. The predicted octanol–water partition coefficient (Wildman–Crippen LogP) is 4.33. The highest BCUT2D eigenvalue weighted by Crippen LogP contribution is 2.31. The molecule has 2 N–H and O–H groups in total. The maximum atomic E-state index is 12.7. The molecule has 0 bridgehead atoms. The minimum Gasteiger partial charge on any atom is -0.334 e. The number of nitrogens with zero attached hydrogens (tertiary/aromatic N) is 1. The molecule has 0 spiro atoms. The smallest absolute Gasteiger partial charge is 0.334 e. The largest absolute Gasteiger partial charge is 0.416 e. The van der Waals surface area contributed by atoms with Crippen molar-refractivity contribution in [3.05, 3.63) is 59.2 Å². The Hall–Kier alpha value is -3.03. The Morgan fingerprint density at radius 3 is 2.64 bits per heavy atom. The molecule has 1 heterocycles. The van der Waals surface area contributed by atoms with Gasteiger partial charge in [-0.1, -0.05) is 25.1 Å². The van der Waals surface area contributed by atoms with E-state index in [1.165, 1.54) is 12.1 Å². The van der Waals surface area contributed by atoms with E-state index in [4.69, 9.17) is 0 Å². The lowest BCUT2D eigenvalue weighted by Crippen LogP contribution is -2.28. The van der Waals surface area contributed by atoms with Gasteiger partial charge in [0.1, 0.15) is 0 Å². The normalized spacial score (nSPS) is 13.2. The van der Waals surface area contributed by atoms with Gasteiger partial charge in [-0.25, -0.2) is 4.79 Å². The van der Waals surface area contributed by atoms with Gasteiger partial charge in [0.25, 0.3) is 0 Å². The van der Waals surface area contributed by atoms with E-state index >= 15 is 0 Å². The van der Waals surface area contributed by atoms with Crippen LogP contribution in [0.25, 0.3) is 0 Å². The SMILES string of the molecule is CCC(=O)N1CCc2cc(CNC(=O)Nc3cccc(C(F)(F)F)c3)ccc21. The summed E-state index contributed by atoms with van der Waals surface area (Å²) in [6, 6.07) is 9.48. The van der Waals surface area contributed by atoms with E-state index < -0.39 is 17.8 Å². The molecule has 0 unspecified atom stereocenters. The maximum Gasteiger partial charge on any atom is 0.416 e. The van der Waals surface area contributed by atoms with Crippen molar-refractivity contribution in [2.45, 2.75) is 32.5 Å². The number of benzene rings is 2. The first-order valence-corrected chi connectivity index (χ1v) is 8.92. The number of hydrogen-bond acceptors (Lipinski definition) is 2. The van der Waals surface area contributed by atoms with Crippen molar-refractivity contribution >= 4 is 23.3 Å². The number of nitrogens with one attached hydrogen (secondary N) is 2. The van der Waals surface area contributed by atoms with Crippen LogP contribution in [-0.4, -0.2) is 18.5 Å². The molecule has 0 fully saturated rings. The van der Waals surface area contributed by atoms with Gasteiger partial charge in [-0.05, 0) is 41.8 Å². The molecule has 28 heavy (non-hydrogen) atoms. The molecule has 0 atom stereocenters. The summed E-state index contributed by atoms with van der Waals surface area (Å²) in [6.07, 6.45) is -3.27. The van der Waals surface area contributed by atoms with E-state index in [1.807, 2.05) is 25.1 Å². The first kappa shape index (κ1) is 19.7. The summed E-state index contributed by atoms with van der Waals surface area (Å²) in [5, 5.41) is 5.03. The standard InChI is InChI=1S/C20H20F3N3O2/c1-2-18(27)26-9-8-14-10-13(6-7-17(14)26)12-24-19(28)25-16-5-3-4-15(11-16)20(21,22)23/h3-7,10-11H,2,8-9,12H2,1H3,(H2,24,25,28). The molecule has 2 aromatic carbocycles. The molecule has 3 rings (SSSR count). The first-order chi connectivity index (χ1) is 13.3. The minimum absolute atomic E-state index is 0.0648. The molecule has 2 aromatic rings. The lowest BCUT2D eigenvalue weighted by molar-refractivity contribution is -0.137. The first-order valence-electron chi connectivity index (χ1n) is 8.92. The van der Waals surface area contributed by atoms with Crippen molar-refractivity contribution in [2.24, 2.45) is 0 Å². The zero-order valence-electron chi connectivity index (χ0n) is 15.3. The fourth-order valence-electron chi connectivity index (χ4n) is 3.15. The second-order valence-electron chi connectivity index (χ2n) is 6.50. The van der Waals surface area contributed by atoms with Crippen LogP contribution in [-0.2, 0) is 23.9 Å². The van der Waals surface area contributed by atoms with Crippen LogP contribution in [0.15, 0.2) is 42.5 Å². The second-order valence-corrected chi connectivity index (χ2v) is 6.50. The Morgan fingerprint density at radius 1 is 1.14 bits per heavy atom. The Kier molecular flexibility index (Phi) is 5.58. The van der Waals surface area contributed by atoms with E-state index in [9.17, 15) is 22.8 Å². The van der Waals surface area contributed by atoms with Gasteiger partial charge in [-0.15, -0.1) is 0 Å². The van der Waals surface area contributed by atoms with E-state index in [0.717, 1.165) is 35.4 Å².